The quantitative estimate of drug-likeness (QED) is 0.597. The van der Waals surface area contributed by atoms with Gasteiger partial charge in [0.25, 0.3) is 0 Å². The Morgan fingerprint density at radius 2 is 1.67 bits per heavy atom. The maximum atomic E-state index is 2.40. The fraction of sp³-hybridized carbons (Fsp3) is 1.00. The number of hydrogen-bond acceptors (Lipinski definition) is 0. The van der Waals surface area contributed by atoms with E-state index in [9.17, 15) is 0 Å². The van der Waals surface area contributed by atoms with Gasteiger partial charge >= 0.3 is 0 Å². The molecule has 4 unspecified atom stereocenters. The second-order valence-electron chi connectivity index (χ2n) is 4.86. The van der Waals surface area contributed by atoms with Gasteiger partial charge in [0.1, 0.15) is 0 Å². The highest BCUT2D eigenvalue weighted by Gasteiger charge is 2.45. The highest BCUT2D eigenvalue weighted by atomic mass is 14.5. The number of hydrogen-bond donors (Lipinski definition) is 0. The van der Waals surface area contributed by atoms with Crippen molar-refractivity contribution in [2.24, 2.45) is 23.7 Å². The molecule has 12 heavy (non-hydrogen) atoms. The van der Waals surface area contributed by atoms with Gasteiger partial charge in [-0.3, -0.25) is 0 Å². The van der Waals surface area contributed by atoms with Crippen molar-refractivity contribution in [1.29, 1.82) is 0 Å². The molecule has 4 atom stereocenters. The molecular formula is C12H22. The van der Waals surface area contributed by atoms with E-state index >= 15 is 0 Å². The van der Waals surface area contributed by atoms with Gasteiger partial charge in [0, 0.05) is 0 Å². The minimum Gasteiger partial charge on any atom is -0.0654 e. The lowest BCUT2D eigenvalue weighted by atomic mass is 9.76. The van der Waals surface area contributed by atoms with Gasteiger partial charge in [-0.25, -0.2) is 0 Å². The fourth-order valence-electron chi connectivity index (χ4n) is 3.95. The van der Waals surface area contributed by atoms with Crippen LogP contribution in [0.1, 0.15) is 52.4 Å². The van der Waals surface area contributed by atoms with Crippen molar-refractivity contribution < 1.29 is 0 Å². The molecule has 2 rings (SSSR count). The highest BCUT2D eigenvalue weighted by Crippen LogP contribution is 2.54. The molecule has 2 saturated carbocycles. The summed E-state index contributed by atoms with van der Waals surface area (Å²) in [6.07, 6.45) is 9.08. The van der Waals surface area contributed by atoms with Crippen LogP contribution in [0.4, 0.5) is 0 Å². The van der Waals surface area contributed by atoms with Crippen molar-refractivity contribution in [3.05, 3.63) is 0 Å². The summed E-state index contributed by atoms with van der Waals surface area (Å²) in [4.78, 5) is 0. The topological polar surface area (TPSA) is 0 Å². The zero-order chi connectivity index (χ0) is 8.55. The molecule has 0 aliphatic heterocycles. The second kappa shape index (κ2) is 3.40. The minimum absolute atomic E-state index is 1.11. The van der Waals surface area contributed by atoms with Crippen LogP contribution >= 0.6 is 0 Å². The van der Waals surface area contributed by atoms with Crippen LogP contribution in [0.15, 0.2) is 0 Å². The van der Waals surface area contributed by atoms with Gasteiger partial charge in [-0.15, -0.1) is 0 Å². The normalized spacial score (nSPS) is 45.5. The predicted octanol–water partition coefficient (Wildman–Crippen LogP) is 3.86. The predicted molar refractivity (Wildman–Crippen MR) is 53.0 cm³/mol. The van der Waals surface area contributed by atoms with Crippen molar-refractivity contribution >= 4 is 0 Å². The van der Waals surface area contributed by atoms with E-state index < -0.39 is 0 Å². The van der Waals surface area contributed by atoms with Crippen molar-refractivity contribution in [3.63, 3.8) is 0 Å². The maximum Gasteiger partial charge on any atom is -0.0355 e. The SMILES string of the molecule is CCCC1C2CCC(C2)C1CC. The monoisotopic (exact) mass is 166 g/mol. The van der Waals surface area contributed by atoms with Crippen LogP contribution in [0, 0.1) is 23.7 Å². The summed E-state index contributed by atoms with van der Waals surface area (Å²) < 4.78 is 0. The van der Waals surface area contributed by atoms with Crippen LogP contribution in [0.3, 0.4) is 0 Å². The molecule has 0 amide bonds. The van der Waals surface area contributed by atoms with E-state index in [0.717, 1.165) is 23.7 Å². The molecule has 0 heterocycles. The van der Waals surface area contributed by atoms with Gasteiger partial charge in [0.15, 0.2) is 0 Å². The average Bonchev–Trinajstić information content (AvgIpc) is 2.64. The molecule has 0 aromatic rings. The Balaban J connectivity index is 2.01. The molecular weight excluding hydrogens is 144 g/mol. The average molecular weight is 166 g/mol. The minimum atomic E-state index is 1.11. The summed E-state index contributed by atoms with van der Waals surface area (Å²) in [5.41, 5.74) is 0. The summed E-state index contributed by atoms with van der Waals surface area (Å²) in [7, 11) is 0. The molecule has 0 saturated heterocycles. The first-order chi connectivity index (χ1) is 5.86. The molecule has 2 fully saturated rings. The highest BCUT2D eigenvalue weighted by molar-refractivity contribution is 4.95. The molecule has 0 N–H and O–H groups in total. The molecule has 2 aliphatic carbocycles. The van der Waals surface area contributed by atoms with Gasteiger partial charge in [-0.1, -0.05) is 33.1 Å². The molecule has 0 aromatic heterocycles. The van der Waals surface area contributed by atoms with E-state index in [1.165, 1.54) is 19.3 Å². The van der Waals surface area contributed by atoms with Crippen LogP contribution < -0.4 is 0 Å². The number of fused-ring (bicyclic) bond motifs is 2. The molecule has 2 bridgehead atoms. The Morgan fingerprint density at radius 1 is 1.00 bits per heavy atom. The van der Waals surface area contributed by atoms with E-state index in [2.05, 4.69) is 13.8 Å². The first-order valence-electron chi connectivity index (χ1n) is 5.86. The molecule has 0 spiro atoms. The molecule has 0 nitrogen and oxygen atoms in total. The summed E-state index contributed by atoms with van der Waals surface area (Å²) >= 11 is 0. The van der Waals surface area contributed by atoms with E-state index in [1.807, 2.05) is 0 Å². The third-order valence-electron chi connectivity index (χ3n) is 4.37. The van der Waals surface area contributed by atoms with E-state index in [1.54, 1.807) is 19.3 Å². The van der Waals surface area contributed by atoms with Gasteiger partial charge in [0.05, 0.1) is 0 Å². The molecule has 70 valence electrons. The molecule has 2 aliphatic rings. The first kappa shape index (κ1) is 8.59. The third kappa shape index (κ3) is 1.20. The third-order valence-corrected chi connectivity index (χ3v) is 4.37. The zero-order valence-electron chi connectivity index (χ0n) is 8.55. The van der Waals surface area contributed by atoms with Crippen LogP contribution in [0.5, 0.6) is 0 Å². The molecule has 0 radical (unpaired) electrons. The zero-order valence-corrected chi connectivity index (χ0v) is 8.55. The summed E-state index contributed by atoms with van der Waals surface area (Å²) in [6.45, 7) is 4.74. The Hall–Kier alpha value is 0. The van der Waals surface area contributed by atoms with E-state index in [-0.39, 0.29) is 0 Å². The van der Waals surface area contributed by atoms with E-state index in [4.69, 9.17) is 0 Å². The van der Waals surface area contributed by atoms with Crippen LogP contribution in [-0.2, 0) is 0 Å². The summed E-state index contributed by atoms with van der Waals surface area (Å²) in [5.74, 6) is 4.51. The maximum absolute atomic E-state index is 2.40. The molecule has 0 aromatic carbocycles. The van der Waals surface area contributed by atoms with Crippen LogP contribution in [0.2, 0.25) is 0 Å². The van der Waals surface area contributed by atoms with Crippen molar-refractivity contribution in [2.45, 2.75) is 52.4 Å². The Morgan fingerprint density at radius 3 is 2.25 bits per heavy atom. The van der Waals surface area contributed by atoms with Gasteiger partial charge in [-0.05, 0) is 42.9 Å². The first-order valence-corrected chi connectivity index (χ1v) is 5.86. The fourth-order valence-corrected chi connectivity index (χ4v) is 3.95. The largest absolute Gasteiger partial charge is 0.0654 e. The lowest BCUT2D eigenvalue weighted by Crippen LogP contribution is -2.21. The summed E-state index contributed by atoms with van der Waals surface area (Å²) in [5, 5.41) is 0. The Bertz CT molecular complexity index is 150. The Kier molecular flexibility index (Phi) is 2.43. The van der Waals surface area contributed by atoms with Crippen LogP contribution in [0.25, 0.3) is 0 Å². The van der Waals surface area contributed by atoms with Crippen molar-refractivity contribution in [1.82, 2.24) is 0 Å². The van der Waals surface area contributed by atoms with Gasteiger partial charge < -0.3 is 0 Å². The van der Waals surface area contributed by atoms with Crippen molar-refractivity contribution in [2.75, 3.05) is 0 Å². The Labute approximate surface area is 76.7 Å². The molecule has 0 heteroatoms. The van der Waals surface area contributed by atoms with Gasteiger partial charge in [-0.2, -0.15) is 0 Å². The lowest BCUT2D eigenvalue weighted by molar-refractivity contribution is 0.201. The van der Waals surface area contributed by atoms with E-state index in [0.29, 0.717) is 0 Å². The van der Waals surface area contributed by atoms with Crippen LogP contribution in [-0.4, -0.2) is 0 Å². The van der Waals surface area contributed by atoms with Gasteiger partial charge in [0.2, 0.25) is 0 Å². The standard InChI is InChI=1S/C12H22/c1-3-5-12-10-7-6-9(8-10)11(12)4-2/h9-12H,3-8H2,1-2H3. The number of rotatable bonds is 3. The second-order valence-corrected chi connectivity index (χ2v) is 4.86. The summed E-state index contributed by atoms with van der Waals surface area (Å²) in [6, 6.07) is 0. The lowest BCUT2D eigenvalue weighted by Gasteiger charge is -2.30. The smallest absolute Gasteiger partial charge is 0.0355 e. The van der Waals surface area contributed by atoms with Crippen molar-refractivity contribution in [3.8, 4) is 0 Å².